The fraction of sp³-hybridized carbons (Fsp3) is 0.800. The van der Waals surface area contributed by atoms with Gasteiger partial charge in [0.1, 0.15) is 12.6 Å². The molecule has 0 bridgehead atoms. The maximum Gasteiger partial charge on any atom is 0.472 e. The van der Waals surface area contributed by atoms with Crippen molar-refractivity contribution in [2.24, 2.45) is 5.73 Å². The van der Waals surface area contributed by atoms with Crippen molar-refractivity contribution in [2.45, 2.75) is 161 Å². The lowest BCUT2D eigenvalue weighted by Gasteiger charge is -2.20. The third-order valence-electron chi connectivity index (χ3n) is 7.42. The second kappa shape index (κ2) is 31.2. The molecule has 0 radical (unpaired) electrons. The number of allylic oxidation sites excluding steroid dienone is 4. The lowest BCUT2D eigenvalue weighted by molar-refractivity contribution is -0.161. The van der Waals surface area contributed by atoms with Gasteiger partial charge >= 0.3 is 25.7 Å². The number of phosphoric acid groups is 1. The van der Waals surface area contributed by atoms with E-state index in [1.165, 1.54) is 32.1 Å². The monoisotopic (exact) mass is 689 g/mol. The number of carboxylic acid groups (broad SMARTS) is 1. The first-order chi connectivity index (χ1) is 22.6. The van der Waals surface area contributed by atoms with Crippen LogP contribution in [0, 0.1) is 0 Å². The Morgan fingerprint density at radius 2 is 1.09 bits per heavy atom. The first kappa shape index (κ1) is 45.0. The van der Waals surface area contributed by atoms with Gasteiger partial charge in [0.25, 0.3) is 0 Å². The van der Waals surface area contributed by atoms with Crippen LogP contribution >= 0.6 is 7.82 Å². The van der Waals surface area contributed by atoms with Crippen molar-refractivity contribution in [1.29, 1.82) is 0 Å². The fourth-order valence-electron chi connectivity index (χ4n) is 4.51. The number of nitrogens with two attached hydrogens (primary N) is 1. The van der Waals surface area contributed by atoms with Crippen LogP contribution in [0.3, 0.4) is 0 Å². The Bertz CT molecular complexity index is 911. The van der Waals surface area contributed by atoms with Gasteiger partial charge in [-0.1, -0.05) is 102 Å². The van der Waals surface area contributed by atoms with E-state index >= 15 is 0 Å². The Morgan fingerprint density at radius 1 is 0.638 bits per heavy atom. The van der Waals surface area contributed by atoms with Gasteiger partial charge in [-0.25, -0.2) is 4.57 Å². The van der Waals surface area contributed by atoms with Crippen molar-refractivity contribution in [3.63, 3.8) is 0 Å². The molecule has 0 fully saturated rings. The Kier molecular flexibility index (Phi) is 29.9. The van der Waals surface area contributed by atoms with Gasteiger partial charge in [0.2, 0.25) is 0 Å². The minimum absolute atomic E-state index is 0.150. The molecule has 0 aromatic heterocycles. The number of unbranched alkanes of at least 4 members (excludes halogenated alkanes) is 15. The van der Waals surface area contributed by atoms with E-state index in [0.29, 0.717) is 12.8 Å². The molecule has 3 atom stereocenters. The van der Waals surface area contributed by atoms with Crippen molar-refractivity contribution < 1.29 is 47.5 Å². The van der Waals surface area contributed by atoms with Gasteiger partial charge in [0, 0.05) is 12.8 Å². The summed E-state index contributed by atoms with van der Waals surface area (Å²) in [6.07, 6.45) is 28.3. The molecule has 0 aliphatic carbocycles. The van der Waals surface area contributed by atoms with E-state index < -0.39 is 51.1 Å². The van der Waals surface area contributed by atoms with Crippen LogP contribution in [0.5, 0.6) is 0 Å². The van der Waals surface area contributed by atoms with Gasteiger partial charge < -0.3 is 25.2 Å². The maximum atomic E-state index is 12.5. The minimum atomic E-state index is -4.71. The highest BCUT2D eigenvalue weighted by Crippen LogP contribution is 2.43. The molecule has 0 aromatic carbocycles. The molecule has 0 heterocycles. The number of hydrogen-bond acceptors (Lipinski definition) is 9. The molecule has 11 nitrogen and oxygen atoms in total. The Morgan fingerprint density at radius 3 is 1.62 bits per heavy atom. The summed E-state index contributed by atoms with van der Waals surface area (Å²) in [5.41, 5.74) is 5.30. The summed E-state index contributed by atoms with van der Waals surface area (Å²) in [5.74, 6) is -2.41. The Hall–Kier alpha value is -2.04. The molecule has 274 valence electrons. The van der Waals surface area contributed by atoms with Gasteiger partial charge in [-0.2, -0.15) is 0 Å². The summed E-state index contributed by atoms with van der Waals surface area (Å²) in [5, 5.41) is 8.83. The van der Waals surface area contributed by atoms with E-state index in [1.807, 2.05) is 0 Å². The molecule has 0 saturated heterocycles. The van der Waals surface area contributed by atoms with Crippen LogP contribution in [0.4, 0.5) is 0 Å². The quantitative estimate of drug-likeness (QED) is 0.0262. The van der Waals surface area contributed by atoms with E-state index in [4.69, 9.17) is 24.8 Å². The molecule has 0 amide bonds. The summed E-state index contributed by atoms with van der Waals surface area (Å²) in [6, 6.07) is -1.52. The topological polar surface area (TPSA) is 172 Å². The standard InChI is InChI=1S/C35H64NO10P/c1-3-5-7-9-11-13-15-17-19-21-23-25-27-34(38)46-31(29-44-47(41,42)45-30-32(36)35(39)40)28-43-33(37)26-24-22-20-18-16-14-12-10-8-6-4-2/h10-13,31-32H,3-9,14-30,36H2,1-2H3,(H,39,40)(H,41,42)/b12-10-,13-11-. The predicted octanol–water partition coefficient (Wildman–Crippen LogP) is 8.33. The minimum Gasteiger partial charge on any atom is -0.480 e. The number of carbonyl (C=O) groups excluding carboxylic acids is 2. The van der Waals surface area contributed by atoms with Crippen LogP contribution < -0.4 is 5.73 Å². The molecule has 4 N–H and O–H groups in total. The lowest BCUT2D eigenvalue weighted by atomic mass is 10.1. The number of carboxylic acids is 1. The van der Waals surface area contributed by atoms with Crippen molar-refractivity contribution in [3.05, 3.63) is 24.3 Å². The van der Waals surface area contributed by atoms with Crippen LogP contribution in [-0.4, -0.2) is 59.9 Å². The number of esters is 2. The first-order valence-electron chi connectivity index (χ1n) is 17.9. The number of hydrogen-bond donors (Lipinski definition) is 3. The predicted molar refractivity (Wildman–Crippen MR) is 185 cm³/mol. The smallest absolute Gasteiger partial charge is 0.472 e. The van der Waals surface area contributed by atoms with Gasteiger partial charge in [-0.15, -0.1) is 0 Å². The Balaban J connectivity index is 4.51. The average Bonchev–Trinajstić information content (AvgIpc) is 3.04. The summed E-state index contributed by atoms with van der Waals surface area (Å²) in [7, 11) is -4.71. The van der Waals surface area contributed by atoms with Gasteiger partial charge in [0.05, 0.1) is 13.2 Å². The zero-order chi connectivity index (χ0) is 35.0. The molecule has 0 aliphatic rings. The maximum absolute atomic E-state index is 12.5. The summed E-state index contributed by atoms with van der Waals surface area (Å²) >= 11 is 0. The lowest BCUT2D eigenvalue weighted by Crippen LogP contribution is -2.34. The van der Waals surface area contributed by atoms with Crippen molar-refractivity contribution >= 4 is 25.7 Å². The van der Waals surface area contributed by atoms with E-state index in [9.17, 15) is 23.8 Å². The van der Waals surface area contributed by atoms with Crippen LogP contribution in [0.2, 0.25) is 0 Å². The van der Waals surface area contributed by atoms with Crippen LogP contribution in [0.15, 0.2) is 24.3 Å². The molecule has 0 aromatic rings. The zero-order valence-corrected chi connectivity index (χ0v) is 30.0. The van der Waals surface area contributed by atoms with Crippen LogP contribution in [0.1, 0.15) is 149 Å². The van der Waals surface area contributed by atoms with Crippen molar-refractivity contribution in [3.8, 4) is 0 Å². The normalized spacial score (nSPS) is 14.3. The first-order valence-corrected chi connectivity index (χ1v) is 19.4. The van der Waals surface area contributed by atoms with Gasteiger partial charge in [-0.05, 0) is 57.8 Å². The van der Waals surface area contributed by atoms with Crippen LogP contribution in [-0.2, 0) is 37.5 Å². The number of aliphatic carboxylic acids is 1. The van der Waals surface area contributed by atoms with Gasteiger partial charge in [-0.3, -0.25) is 23.4 Å². The Labute approximate surface area is 283 Å². The molecule has 0 rings (SSSR count). The number of ether oxygens (including phenoxy) is 2. The second-order valence-electron chi connectivity index (χ2n) is 12.0. The highest BCUT2D eigenvalue weighted by atomic mass is 31.2. The molecule has 47 heavy (non-hydrogen) atoms. The highest BCUT2D eigenvalue weighted by Gasteiger charge is 2.28. The van der Waals surface area contributed by atoms with Crippen LogP contribution in [0.25, 0.3) is 0 Å². The van der Waals surface area contributed by atoms with Crippen molar-refractivity contribution in [1.82, 2.24) is 0 Å². The highest BCUT2D eigenvalue weighted by molar-refractivity contribution is 7.47. The van der Waals surface area contributed by atoms with E-state index in [2.05, 4.69) is 42.7 Å². The molecule has 0 spiro atoms. The van der Waals surface area contributed by atoms with E-state index in [1.54, 1.807) is 0 Å². The molecular formula is C35H64NO10P. The van der Waals surface area contributed by atoms with Crippen molar-refractivity contribution in [2.75, 3.05) is 19.8 Å². The summed E-state index contributed by atoms with van der Waals surface area (Å²) in [6.45, 7) is 2.68. The van der Waals surface area contributed by atoms with E-state index in [0.717, 1.165) is 77.0 Å². The summed E-state index contributed by atoms with van der Waals surface area (Å²) < 4.78 is 32.4. The third-order valence-corrected chi connectivity index (χ3v) is 8.37. The fourth-order valence-corrected chi connectivity index (χ4v) is 5.29. The molecule has 0 saturated carbocycles. The largest absolute Gasteiger partial charge is 0.480 e. The number of carbonyl (C=O) groups is 3. The molecule has 12 heteroatoms. The van der Waals surface area contributed by atoms with E-state index in [-0.39, 0.29) is 19.4 Å². The molecular weight excluding hydrogens is 625 g/mol. The third kappa shape index (κ3) is 31.0. The average molecular weight is 690 g/mol. The zero-order valence-electron chi connectivity index (χ0n) is 29.1. The molecule has 0 aliphatic heterocycles. The number of rotatable bonds is 33. The SMILES string of the molecule is CCCC/C=C\CCCCCCCC(=O)OCC(COP(=O)(O)OCC(N)C(=O)O)OC(=O)CCCCCCC/C=C\CCCCC. The summed E-state index contributed by atoms with van der Waals surface area (Å²) in [4.78, 5) is 45.6. The number of phosphoric ester groups is 1. The molecule has 3 unspecified atom stereocenters. The second-order valence-corrected chi connectivity index (χ2v) is 13.4. The van der Waals surface area contributed by atoms with Gasteiger partial charge in [0.15, 0.2) is 6.10 Å².